The highest BCUT2D eigenvalue weighted by atomic mass is 35.5. The van der Waals surface area contributed by atoms with Crippen LogP contribution in [0.5, 0.6) is 0 Å². The van der Waals surface area contributed by atoms with Crippen LogP contribution in [0.1, 0.15) is 65.2 Å². The van der Waals surface area contributed by atoms with E-state index >= 15 is 0 Å². The summed E-state index contributed by atoms with van der Waals surface area (Å²) in [6.45, 7) is 5.55. The van der Waals surface area contributed by atoms with E-state index in [1.54, 1.807) is 0 Å². The average Bonchev–Trinajstić information content (AvgIpc) is 2.44. The summed E-state index contributed by atoms with van der Waals surface area (Å²) in [5.74, 6) is -0.0353. The van der Waals surface area contributed by atoms with E-state index in [0.29, 0.717) is 6.54 Å². The fourth-order valence-electron chi connectivity index (χ4n) is 2.71. The van der Waals surface area contributed by atoms with Crippen LogP contribution in [-0.2, 0) is 9.53 Å². The molecule has 20 heavy (non-hydrogen) atoms. The Kier molecular flexibility index (Phi) is 10.2. The van der Waals surface area contributed by atoms with E-state index in [2.05, 4.69) is 12.2 Å². The van der Waals surface area contributed by atoms with Gasteiger partial charge in [-0.1, -0.05) is 39.5 Å². The summed E-state index contributed by atoms with van der Waals surface area (Å²) >= 11 is 0. The summed E-state index contributed by atoms with van der Waals surface area (Å²) in [7, 11) is 0. The molecule has 0 aromatic carbocycles. The quantitative estimate of drug-likeness (QED) is 0.725. The fourth-order valence-corrected chi connectivity index (χ4v) is 2.71. The van der Waals surface area contributed by atoms with Crippen molar-refractivity contribution in [2.75, 3.05) is 13.2 Å². The standard InChI is InChI=1S/C15H30N2O2.ClH/c1-3-8-13(16)14(18)17-12-15(19-11-4-2)9-6-5-7-10-15;/h13H,3-12,16H2,1-2H3,(H,17,18);1H. The van der Waals surface area contributed by atoms with E-state index in [1.807, 2.05) is 6.92 Å². The Morgan fingerprint density at radius 1 is 1.25 bits per heavy atom. The fraction of sp³-hybridized carbons (Fsp3) is 0.933. The Morgan fingerprint density at radius 3 is 2.45 bits per heavy atom. The first kappa shape index (κ1) is 19.7. The number of ether oxygens (including phenoxy) is 1. The summed E-state index contributed by atoms with van der Waals surface area (Å²) in [5, 5.41) is 3.00. The Bertz CT molecular complexity index is 269. The van der Waals surface area contributed by atoms with Crippen LogP contribution in [0, 0.1) is 0 Å². The molecule has 0 bridgehead atoms. The monoisotopic (exact) mass is 306 g/mol. The molecule has 1 atom stereocenters. The maximum Gasteiger partial charge on any atom is 0.237 e. The highest BCUT2D eigenvalue weighted by molar-refractivity contribution is 5.85. The first-order valence-corrected chi connectivity index (χ1v) is 7.81. The van der Waals surface area contributed by atoms with Gasteiger partial charge < -0.3 is 15.8 Å². The summed E-state index contributed by atoms with van der Waals surface area (Å²) < 4.78 is 6.05. The largest absolute Gasteiger partial charge is 0.373 e. The van der Waals surface area contributed by atoms with Crippen molar-refractivity contribution in [2.45, 2.75) is 76.9 Å². The summed E-state index contributed by atoms with van der Waals surface area (Å²) in [6.07, 6.45) is 8.47. The van der Waals surface area contributed by atoms with Gasteiger partial charge in [0.2, 0.25) is 5.91 Å². The van der Waals surface area contributed by atoms with E-state index in [0.717, 1.165) is 38.7 Å². The number of nitrogens with one attached hydrogen (secondary N) is 1. The van der Waals surface area contributed by atoms with Crippen LogP contribution in [-0.4, -0.2) is 30.7 Å². The second kappa shape index (κ2) is 10.4. The Hall–Kier alpha value is -0.320. The van der Waals surface area contributed by atoms with Crippen LogP contribution in [0.2, 0.25) is 0 Å². The minimum atomic E-state index is -0.378. The molecular weight excluding hydrogens is 276 g/mol. The molecule has 0 heterocycles. The van der Waals surface area contributed by atoms with Gasteiger partial charge in [0.05, 0.1) is 11.6 Å². The smallest absolute Gasteiger partial charge is 0.237 e. The number of carbonyl (C=O) groups excluding carboxylic acids is 1. The van der Waals surface area contributed by atoms with Crippen molar-refractivity contribution in [1.82, 2.24) is 5.32 Å². The van der Waals surface area contributed by atoms with E-state index < -0.39 is 0 Å². The second-order valence-electron chi connectivity index (χ2n) is 5.71. The molecule has 0 aliphatic heterocycles. The molecule has 1 aliphatic rings. The van der Waals surface area contributed by atoms with Crippen LogP contribution in [0.25, 0.3) is 0 Å². The molecule has 1 saturated carbocycles. The molecule has 120 valence electrons. The minimum absolute atomic E-state index is 0. The summed E-state index contributed by atoms with van der Waals surface area (Å²) in [5.41, 5.74) is 5.69. The molecule has 0 aromatic rings. The number of rotatable bonds is 8. The molecule has 1 rings (SSSR count). The van der Waals surface area contributed by atoms with Crippen LogP contribution < -0.4 is 11.1 Å². The van der Waals surface area contributed by atoms with Gasteiger partial charge in [0.1, 0.15) is 0 Å². The lowest BCUT2D eigenvalue weighted by molar-refractivity contribution is -0.125. The Morgan fingerprint density at radius 2 is 1.90 bits per heavy atom. The zero-order valence-electron chi connectivity index (χ0n) is 13.0. The number of halogens is 1. The molecule has 1 unspecified atom stereocenters. The van der Waals surface area contributed by atoms with Crippen molar-refractivity contribution in [3.8, 4) is 0 Å². The highest BCUT2D eigenvalue weighted by Crippen LogP contribution is 2.31. The van der Waals surface area contributed by atoms with Crippen molar-refractivity contribution in [2.24, 2.45) is 5.73 Å². The normalized spacial score (nSPS) is 18.9. The highest BCUT2D eigenvalue weighted by Gasteiger charge is 2.33. The Labute approximate surface area is 129 Å². The third-order valence-corrected chi connectivity index (χ3v) is 3.90. The molecule has 1 aliphatic carbocycles. The molecule has 1 fully saturated rings. The summed E-state index contributed by atoms with van der Waals surface area (Å²) in [6, 6.07) is -0.378. The van der Waals surface area contributed by atoms with Gasteiger partial charge in [-0.15, -0.1) is 12.4 Å². The van der Waals surface area contributed by atoms with Crippen LogP contribution in [0.15, 0.2) is 0 Å². The van der Waals surface area contributed by atoms with Crippen molar-refractivity contribution in [1.29, 1.82) is 0 Å². The van der Waals surface area contributed by atoms with E-state index in [9.17, 15) is 4.79 Å². The van der Waals surface area contributed by atoms with Gasteiger partial charge in [-0.05, 0) is 25.7 Å². The minimum Gasteiger partial charge on any atom is -0.373 e. The van der Waals surface area contributed by atoms with Gasteiger partial charge in [-0.3, -0.25) is 4.79 Å². The molecule has 5 heteroatoms. The maximum atomic E-state index is 11.9. The van der Waals surface area contributed by atoms with Crippen LogP contribution in [0.4, 0.5) is 0 Å². The Balaban J connectivity index is 0.00000361. The van der Waals surface area contributed by atoms with Crippen molar-refractivity contribution in [3.05, 3.63) is 0 Å². The third-order valence-electron chi connectivity index (χ3n) is 3.90. The second-order valence-corrected chi connectivity index (χ2v) is 5.71. The van der Waals surface area contributed by atoms with Gasteiger partial charge in [-0.2, -0.15) is 0 Å². The predicted molar refractivity (Wildman–Crippen MR) is 85.2 cm³/mol. The number of carbonyl (C=O) groups is 1. The van der Waals surface area contributed by atoms with Crippen molar-refractivity contribution < 1.29 is 9.53 Å². The van der Waals surface area contributed by atoms with Gasteiger partial charge in [0, 0.05) is 13.2 Å². The van der Waals surface area contributed by atoms with Gasteiger partial charge in [0.15, 0.2) is 0 Å². The number of hydrogen-bond acceptors (Lipinski definition) is 3. The van der Waals surface area contributed by atoms with Crippen molar-refractivity contribution in [3.63, 3.8) is 0 Å². The zero-order valence-corrected chi connectivity index (χ0v) is 13.8. The van der Waals surface area contributed by atoms with Gasteiger partial charge in [0.25, 0.3) is 0 Å². The molecule has 0 radical (unpaired) electrons. The first-order valence-electron chi connectivity index (χ1n) is 7.81. The van der Waals surface area contributed by atoms with E-state index in [-0.39, 0.29) is 30.0 Å². The molecule has 0 spiro atoms. The molecule has 4 nitrogen and oxygen atoms in total. The lowest BCUT2D eigenvalue weighted by atomic mass is 9.84. The van der Waals surface area contributed by atoms with E-state index in [4.69, 9.17) is 10.5 Å². The maximum absolute atomic E-state index is 11.9. The van der Waals surface area contributed by atoms with Gasteiger partial charge >= 0.3 is 0 Å². The molecular formula is C15H31ClN2O2. The molecule has 0 saturated heterocycles. The SMILES string of the molecule is CCCOC1(CNC(=O)C(N)CCC)CCCCC1.Cl. The first-order chi connectivity index (χ1) is 9.13. The van der Waals surface area contributed by atoms with Gasteiger partial charge in [-0.25, -0.2) is 0 Å². The molecule has 3 N–H and O–H groups in total. The lowest BCUT2D eigenvalue weighted by Gasteiger charge is -2.37. The van der Waals surface area contributed by atoms with E-state index in [1.165, 1.54) is 19.3 Å². The molecule has 0 aromatic heterocycles. The average molecular weight is 307 g/mol. The summed E-state index contributed by atoms with van der Waals surface area (Å²) in [4.78, 5) is 11.9. The zero-order chi connectivity index (χ0) is 14.1. The van der Waals surface area contributed by atoms with Crippen LogP contribution >= 0.6 is 12.4 Å². The lowest BCUT2D eigenvalue weighted by Crippen LogP contribution is -2.50. The van der Waals surface area contributed by atoms with Crippen molar-refractivity contribution >= 4 is 18.3 Å². The topological polar surface area (TPSA) is 64.3 Å². The number of amides is 1. The molecule has 1 amide bonds. The number of nitrogens with two attached hydrogens (primary N) is 1. The third kappa shape index (κ3) is 6.42. The van der Waals surface area contributed by atoms with Crippen LogP contribution in [0.3, 0.4) is 0 Å². The predicted octanol–water partition coefficient (Wildman–Crippen LogP) is 2.78. The number of hydrogen-bond donors (Lipinski definition) is 2.